The second kappa shape index (κ2) is 7.52. The number of nitrogens with zero attached hydrogens (tertiary/aromatic N) is 1. The first kappa shape index (κ1) is 16.8. The Labute approximate surface area is 125 Å². The number of carbonyl (C=O) groups is 2. The highest BCUT2D eigenvalue weighted by molar-refractivity contribution is 5.97. The van der Waals surface area contributed by atoms with E-state index in [1.165, 1.54) is 0 Å². The summed E-state index contributed by atoms with van der Waals surface area (Å²) < 4.78 is 5.05. The maximum absolute atomic E-state index is 12.1. The van der Waals surface area contributed by atoms with Crippen molar-refractivity contribution < 1.29 is 14.3 Å². The molecule has 0 saturated heterocycles. The molecule has 0 fully saturated rings. The minimum Gasteiger partial charge on any atom is -0.452 e. The summed E-state index contributed by atoms with van der Waals surface area (Å²) in [6, 6.07) is 5.05. The second-order valence-corrected chi connectivity index (χ2v) is 5.12. The first-order valence-corrected chi connectivity index (χ1v) is 6.88. The number of anilines is 2. The third kappa shape index (κ3) is 4.98. The van der Waals surface area contributed by atoms with Crippen LogP contribution in [0.1, 0.15) is 30.6 Å². The number of hydrogen-bond donors (Lipinski definition) is 2. The Morgan fingerprint density at radius 3 is 2.62 bits per heavy atom. The standard InChI is InChI=1S/C15H23N3O3/c1-5-10(2)17-14(19)9-21-15(20)12-8-11(16)6-7-13(12)18(3)4/h6-8,10H,5,9,16H2,1-4H3,(H,17,19). The zero-order valence-electron chi connectivity index (χ0n) is 13.0. The van der Waals surface area contributed by atoms with Crippen LogP contribution in [0.25, 0.3) is 0 Å². The molecule has 0 radical (unpaired) electrons. The van der Waals surface area contributed by atoms with Crippen LogP contribution in [0.2, 0.25) is 0 Å². The van der Waals surface area contributed by atoms with E-state index in [-0.39, 0.29) is 18.6 Å². The van der Waals surface area contributed by atoms with Crippen LogP contribution in [0.3, 0.4) is 0 Å². The van der Waals surface area contributed by atoms with Crippen molar-refractivity contribution in [2.24, 2.45) is 0 Å². The van der Waals surface area contributed by atoms with Crippen LogP contribution in [-0.4, -0.2) is 38.6 Å². The quantitative estimate of drug-likeness (QED) is 0.612. The largest absolute Gasteiger partial charge is 0.452 e. The summed E-state index contributed by atoms with van der Waals surface area (Å²) in [6.45, 7) is 3.56. The molecule has 1 rings (SSSR count). The third-order valence-electron chi connectivity index (χ3n) is 3.08. The molecule has 0 aliphatic heterocycles. The average molecular weight is 293 g/mol. The normalized spacial score (nSPS) is 11.6. The van der Waals surface area contributed by atoms with Gasteiger partial charge in [0, 0.05) is 25.8 Å². The summed E-state index contributed by atoms with van der Waals surface area (Å²) in [6.07, 6.45) is 0.819. The maximum atomic E-state index is 12.1. The monoisotopic (exact) mass is 293 g/mol. The third-order valence-corrected chi connectivity index (χ3v) is 3.08. The molecule has 6 nitrogen and oxygen atoms in total. The molecule has 1 aromatic rings. The highest BCUT2D eigenvalue weighted by atomic mass is 16.5. The minimum atomic E-state index is -0.565. The number of ether oxygens (including phenoxy) is 1. The molecule has 0 aliphatic carbocycles. The van der Waals surface area contributed by atoms with E-state index in [9.17, 15) is 9.59 Å². The van der Waals surface area contributed by atoms with Crippen LogP contribution < -0.4 is 16.0 Å². The Kier molecular flexibility index (Phi) is 6.02. The number of rotatable bonds is 6. The van der Waals surface area contributed by atoms with Crippen molar-refractivity contribution in [2.45, 2.75) is 26.3 Å². The van der Waals surface area contributed by atoms with Crippen molar-refractivity contribution in [3.8, 4) is 0 Å². The number of nitrogens with two attached hydrogens (primary N) is 1. The zero-order valence-corrected chi connectivity index (χ0v) is 13.0. The first-order chi connectivity index (χ1) is 9.85. The summed E-state index contributed by atoms with van der Waals surface area (Å²) in [7, 11) is 3.63. The summed E-state index contributed by atoms with van der Waals surface area (Å²) >= 11 is 0. The molecule has 0 saturated carbocycles. The minimum absolute atomic E-state index is 0.0564. The molecule has 6 heteroatoms. The van der Waals surface area contributed by atoms with Crippen LogP contribution in [-0.2, 0) is 9.53 Å². The number of nitrogen functional groups attached to an aromatic ring is 1. The summed E-state index contributed by atoms with van der Waals surface area (Å²) in [5, 5.41) is 2.73. The smallest absolute Gasteiger partial charge is 0.340 e. The number of carbonyl (C=O) groups excluding carboxylic acids is 2. The molecule has 0 bridgehead atoms. The van der Waals surface area contributed by atoms with Gasteiger partial charge in [0.1, 0.15) is 0 Å². The van der Waals surface area contributed by atoms with E-state index in [0.717, 1.165) is 6.42 Å². The molecule has 1 amide bonds. The molecule has 116 valence electrons. The highest BCUT2D eigenvalue weighted by Crippen LogP contribution is 2.22. The van der Waals surface area contributed by atoms with Crippen LogP contribution in [0.5, 0.6) is 0 Å². The molecule has 1 aromatic carbocycles. The van der Waals surface area contributed by atoms with Gasteiger partial charge in [-0.25, -0.2) is 4.79 Å². The van der Waals surface area contributed by atoms with E-state index in [0.29, 0.717) is 16.9 Å². The fraction of sp³-hybridized carbons (Fsp3) is 0.467. The topological polar surface area (TPSA) is 84.7 Å². The van der Waals surface area contributed by atoms with Crippen molar-refractivity contribution in [3.63, 3.8) is 0 Å². The Balaban J connectivity index is 2.72. The van der Waals surface area contributed by atoms with E-state index in [4.69, 9.17) is 10.5 Å². The van der Waals surface area contributed by atoms with Crippen LogP contribution in [0, 0.1) is 0 Å². The number of hydrogen-bond acceptors (Lipinski definition) is 5. The summed E-state index contributed by atoms with van der Waals surface area (Å²) in [4.78, 5) is 25.5. The van der Waals surface area contributed by atoms with Crippen LogP contribution >= 0.6 is 0 Å². The van der Waals surface area contributed by atoms with Gasteiger partial charge in [-0.2, -0.15) is 0 Å². The van der Waals surface area contributed by atoms with Crippen molar-refractivity contribution in [1.29, 1.82) is 0 Å². The van der Waals surface area contributed by atoms with E-state index >= 15 is 0 Å². The fourth-order valence-electron chi connectivity index (χ4n) is 1.73. The predicted molar refractivity (Wildman–Crippen MR) is 83.4 cm³/mol. The molecule has 3 N–H and O–H groups in total. The van der Waals surface area contributed by atoms with Crippen molar-refractivity contribution in [3.05, 3.63) is 23.8 Å². The van der Waals surface area contributed by atoms with Gasteiger partial charge in [-0.15, -0.1) is 0 Å². The predicted octanol–water partition coefficient (Wildman–Crippen LogP) is 1.41. The van der Waals surface area contributed by atoms with E-state index < -0.39 is 5.97 Å². The zero-order chi connectivity index (χ0) is 16.0. The lowest BCUT2D eigenvalue weighted by atomic mass is 10.1. The first-order valence-electron chi connectivity index (χ1n) is 6.88. The van der Waals surface area contributed by atoms with Gasteiger partial charge in [0.05, 0.1) is 11.3 Å². The molecular weight excluding hydrogens is 270 g/mol. The fourth-order valence-corrected chi connectivity index (χ4v) is 1.73. The number of benzene rings is 1. The lowest BCUT2D eigenvalue weighted by Crippen LogP contribution is -2.35. The molecule has 1 atom stereocenters. The van der Waals surface area contributed by atoms with Gasteiger partial charge in [-0.05, 0) is 31.5 Å². The van der Waals surface area contributed by atoms with Gasteiger partial charge >= 0.3 is 5.97 Å². The van der Waals surface area contributed by atoms with Gasteiger partial charge in [0.25, 0.3) is 5.91 Å². The molecular formula is C15H23N3O3. The highest BCUT2D eigenvalue weighted by Gasteiger charge is 2.16. The van der Waals surface area contributed by atoms with Gasteiger partial charge in [-0.3, -0.25) is 4.79 Å². The molecule has 0 aromatic heterocycles. The number of amides is 1. The average Bonchev–Trinajstić information content (AvgIpc) is 2.44. The Bertz CT molecular complexity index is 515. The van der Waals surface area contributed by atoms with Gasteiger partial charge in [0.15, 0.2) is 6.61 Å². The van der Waals surface area contributed by atoms with Gasteiger partial charge in [-0.1, -0.05) is 6.92 Å². The molecule has 0 spiro atoms. The Hall–Kier alpha value is -2.24. The molecule has 0 heterocycles. The van der Waals surface area contributed by atoms with Crippen LogP contribution in [0.4, 0.5) is 11.4 Å². The van der Waals surface area contributed by atoms with E-state index in [1.807, 2.05) is 27.9 Å². The van der Waals surface area contributed by atoms with Gasteiger partial charge < -0.3 is 20.7 Å². The van der Waals surface area contributed by atoms with Crippen molar-refractivity contribution >= 4 is 23.3 Å². The van der Waals surface area contributed by atoms with Crippen molar-refractivity contribution in [2.75, 3.05) is 31.3 Å². The lowest BCUT2D eigenvalue weighted by Gasteiger charge is -2.17. The molecule has 1 unspecified atom stereocenters. The summed E-state index contributed by atoms with van der Waals surface area (Å²) in [5.74, 6) is -0.877. The van der Waals surface area contributed by atoms with Crippen LogP contribution in [0.15, 0.2) is 18.2 Å². The SMILES string of the molecule is CCC(C)NC(=O)COC(=O)c1cc(N)ccc1N(C)C. The van der Waals surface area contributed by atoms with E-state index in [2.05, 4.69) is 5.32 Å². The lowest BCUT2D eigenvalue weighted by molar-refractivity contribution is -0.124. The Morgan fingerprint density at radius 2 is 2.05 bits per heavy atom. The summed E-state index contributed by atoms with van der Waals surface area (Å²) in [5.41, 5.74) is 7.20. The van der Waals surface area contributed by atoms with Gasteiger partial charge in [0.2, 0.25) is 0 Å². The second-order valence-electron chi connectivity index (χ2n) is 5.12. The maximum Gasteiger partial charge on any atom is 0.340 e. The Morgan fingerprint density at radius 1 is 1.38 bits per heavy atom. The number of nitrogens with one attached hydrogen (secondary N) is 1. The number of esters is 1. The van der Waals surface area contributed by atoms with E-state index in [1.54, 1.807) is 23.1 Å². The van der Waals surface area contributed by atoms with Crippen molar-refractivity contribution in [1.82, 2.24) is 5.32 Å². The molecule has 21 heavy (non-hydrogen) atoms. The molecule has 0 aliphatic rings.